The lowest BCUT2D eigenvalue weighted by Gasteiger charge is -2.28. The number of aliphatic hydroxyl groups excluding tert-OH is 1. The monoisotopic (exact) mass is 423 g/mol. The van der Waals surface area contributed by atoms with Crippen LogP contribution in [-0.4, -0.2) is 35.0 Å². The Balaban J connectivity index is 1.94. The smallest absolute Gasteiger partial charge is 0.264 e. The summed E-state index contributed by atoms with van der Waals surface area (Å²) in [5.74, 6) is -1.68. The lowest BCUT2D eigenvalue weighted by molar-refractivity contribution is -0.133. The van der Waals surface area contributed by atoms with Crippen LogP contribution in [0.4, 0.5) is 5.69 Å². The molecule has 0 radical (unpaired) electrons. The first-order valence-corrected chi connectivity index (χ1v) is 10.5. The van der Waals surface area contributed by atoms with E-state index in [0.717, 1.165) is 16.7 Å². The maximum absolute atomic E-state index is 13.3. The van der Waals surface area contributed by atoms with Crippen molar-refractivity contribution in [2.24, 2.45) is 5.92 Å². The van der Waals surface area contributed by atoms with Gasteiger partial charge < -0.3 is 10.4 Å². The fourth-order valence-electron chi connectivity index (χ4n) is 3.77. The van der Waals surface area contributed by atoms with E-state index in [1.54, 1.807) is 19.1 Å². The highest BCUT2D eigenvalue weighted by Gasteiger charge is 2.34. The van der Waals surface area contributed by atoms with Crippen molar-refractivity contribution in [2.75, 3.05) is 5.01 Å². The highest BCUT2D eigenvalue weighted by molar-refractivity contribution is 6.07. The summed E-state index contributed by atoms with van der Waals surface area (Å²) in [5, 5.41) is 13.9. The van der Waals surface area contributed by atoms with Crippen LogP contribution < -0.4 is 15.8 Å². The fourth-order valence-corrected chi connectivity index (χ4v) is 3.77. The molecule has 1 aliphatic heterocycles. The van der Waals surface area contributed by atoms with Crippen molar-refractivity contribution in [3.63, 3.8) is 0 Å². The molecule has 0 aliphatic carbocycles. The van der Waals surface area contributed by atoms with Crippen LogP contribution >= 0.6 is 0 Å². The van der Waals surface area contributed by atoms with Gasteiger partial charge >= 0.3 is 0 Å². The van der Waals surface area contributed by atoms with Crippen molar-refractivity contribution in [1.82, 2.24) is 10.7 Å². The molecule has 1 unspecified atom stereocenters. The summed E-state index contributed by atoms with van der Waals surface area (Å²) in [5.41, 5.74) is 5.78. The molecule has 3 amide bonds. The van der Waals surface area contributed by atoms with E-state index in [4.69, 9.17) is 0 Å². The van der Waals surface area contributed by atoms with Crippen LogP contribution in [0.3, 0.4) is 0 Å². The summed E-state index contributed by atoms with van der Waals surface area (Å²) in [6, 6.07) is 13.8. The third kappa shape index (κ3) is 4.77. The quantitative estimate of drug-likeness (QED) is 0.665. The van der Waals surface area contributed by atoms with Gasteiger partial charge in [0.25, 0.3) is 11.8 Å². The number of nitrogens with zero attached hydrogens (tertiary/aromatic N) is 1. The standard InChI is InChI=1S/C24H29N3O4/c1-14(2)13-21(29)25-22(16(4)28)23(30)26-27-20-12-8-7-11-19(20)18-10-6-5-9-17(18)15(3)24(27)31/h5-12,14-16,22,28H,13H2,1-4H3,(H,25,29)(H,26,30)/t15?,16-,22+/m1/s1. The average Bonchev–Trinajstić information content (AvgIpc) is 2.81. The second-order valence-corrected chi connectivity index (χ2v) is 8.36. The lowest BCUT2D eigenvalue weighted by Crippen LogP contribution is -2.58. The Kier molecular flexibility index (Phi) is 6.75. The highest BCUT2D eigenvalue weighted by Crippen LogP contribution is 2.39. The number of para-hydroxylation sites is 1. The van der Waals surface area contributed by atoms with Gasteiger partial charge in [0.05, 0.1) is 17.7 Å². The molecule has 7 nitrogen and oxygen atoms in total. The van der Waals surface area contributed by atoms with E-state index in [-0.39, 0.29) is 24.2 Å². The number of hydrogen-bond acceptors (Lipinski definition) is 4. The summed E-state index contributed by atoms with van der Waals surface area (Å²) in [6.45, 7) is 7.01. The average molecular weight is 424 g/mol. The van der Waals surface area contributed by atoms with E-state index < -0.39 is 24.0 Å². The number of benzene rings is 2. The first-order valence-electron chi connectivity index (χ1n) is 10.5. The maximum atomic E-state index is 13.3. The molecule has 0 aromatic heterocycles. The Morgan fingerprint density at radius 3 is 2.29 bits per heavy atom. The van der Waals surface area contributed by atoms with Gasteiger partial charge in [0, 0.05) is 12.0 Å². The predicted molar refractivity (Wildman–Crippen MR) is 119 cm³/mol. The minimum absolute atomic E-state index is 0.108. The van der Waals surface area contributed by atoms with Crippen molar-refractivity contribution in [3.8, 4) is 11.1 Å². The van der Waals surface area contributed by atoms with Gasteiger partial charge in [-0.1, -0.05) is 56.3 Å². The van der Waals surface area contributed by atoms with Gasteiger partial charge in [-0.2, -0.15) is 0 Å². The van der Waals surface area contributed by atoms with Gasteiger partial charge in [0.1, 0.15) is 6.04 Å². The predicted octanol–water partition coefficient (Wildman–Crippen LogP) is 2.75. The van der Waals surface area contributed by atoms with Crippen LogP contribution in [0, 0.1) is 5.92 Å². The third-order valence-electron chi connectivity index (χ3n) is 5.35. The van der Waals surface area contributed by atoms with Crippen molar-refractivity contribution in [2.45, 2.75) is 52.2 Å². The molecular formula is C24H29N3O4. The molecule has 164 valence electrons. The highest BCUT2D eigenvalue weighted by atomic mass is 16.3. The molecule has 3 N–H and O–H groups in total. The number of anilines is 1. The zero-order valence-electron chi connectivity index (χ0n) is 18.3. The number of hydrogen-bond donors (Lipinski definition) is 3. The van der Waals surface area contributed by atoms with Gasteiger partial charge in [0.15, 0.2) is 0 Å². The molecule has 7 heteroatoms. The lowest BCUT2D eigenvalue weighted by atomic mass is 9.92. The molecule has 2 aromatic carbocycles. The summed E-state index contributed by atoms with van der Waals surface area (Å²) in [6.07, 6.45) is -0.906. The molecule has 0 bridgehead atoms. The van der Waals surface area contributed by atoms with Gasteiger partial charge in [-0.15, -0.1) is 0 Å². The van der Waals surface area contributed by atoms with Crippen molar-refractivity contribution in [1.29, 1.82) is 0 Å². The summed E-state index contributed by atoms with van der Waals surface area (Å²) >= 11 is 0. The van der Waals surface area contributed by atoms with E-state index in [0.29, 0.717) is 5.69 Å². The van der Waals surface area contributed by atoms with Crippen molar-refractivity contribution >= 4 is 23.4 Å². The van der Waals surface area contributed by atoms with Gasteiger partial charge in [-0.25, -0.2) is 5.01 Å². The third-order valence-corrected chi connectivity index (χ3v) is 5.35. The molecule has 3 rings (SSSR count). The second-order valence-electron chi connectivity index (χ2n) is 8.36. The molecule has 0 fully saturated rings. The van der Waals surface area contributed by atoms with E-state index in [1.807, 2.05) is 50.2 Å². The van der Waals surface area contributed by atoms with E-state index in [1.165, 1.54) is 11.9 Å². The topological polar surface area (TPSA) is 98.7 Å². The number of fused-ring (bicyclic) bond motifs is 3. The molecule has 1 heterocycles. The van der Waals surface area contributed by atoms with E-state index in [2.05, 4.69) is 10.7 Å². The van der Waals surface area contributed by atoms with Gasteiger partial charge in [-0.3, -0.25) is 19.8 Å². The number of carbonyl (C=O) groups is 3. The van der Waals surface area contributed by atoms with Crippen LogP contribution in [0.2, 0.25) is 0 Å². The van der Waals surface area contributed by atoms with Gasteiger partial charge in [0.2, 0.25) is 5.91 Å². The van der Waals surface area contributed by atoms with Crippen LogP contribution in [0.5, 0.6) is 0 Å². The molecule has 0 spiro atoms. The summed E-state index contributed by atoms with van der Waals surface area (Å²) in [4.78, 5) is 38.6. The minimum atomic E-state index is -1.19. The Labute approximate surface area is 182 Å². The molecule has 31 heavy (non-hydrogen) atoms. The van der Waals surface area contributed by atoms with E-state index in [9.17, 15) is 19.5 Å². The second kappa shape index (κ2) is 9.31. The number of aliphatic hydroxyl groups is 1. The minimum Gasteiger partial charge on any atom is -0.391 e. The molecule has 2 aromatic rings. The van der Waals surface area contributed by atoms with Gasteiger partial charge in [-0.05, 0) is 37.0 Å². The first kappa shape index (κ1) is 22.5. The van der Waals surface area contributed by atoms with Crippen LogP contribution in [-0.2, 0) is 14.4 Å². The summed E-state index contributed by atoms with van der Waals surface area (Å²) < 4.78 is 0. The molecule has 0 saturated carbocycles. The Hall–Kier alpha value is -3.19. The zero-order chi connectivity index (χ0) is 22.7. The van der Waals surface area contributed by atoms with Crippen LogP contribution in [0.25, 0.3) is 11.1 Å². The largest absolute Gasteiger partial charge is 0.391 e. The Morgan fingerprint density at radius 2 is 1.65 bits per heavy atom. The van der Waals surface area contributed by atoms with Crippen LogP contribution in [0.1, 0.15) is 45.6 Å². The number of rotatable bonds is 6. The normalized spacial score (nSPS) is 17.3. The molecular weight excluding hydrogens is 394 g/mol. The molecule has 1 aliphatic rings. The van der Waals surface area contributed by atoms with Crippen LogP contribution in [0.15, 0.2) is 48.5 Å². The van der Waals surface area contributed by atoms with Crippen molar-refractivity contribution < 1.29 is 19.5 Å². The zero-order valence-corrected chi connectivity index (χ0v) is 18.3. The Bertz CT molecular complexity index is 986. The molecule has 0 saturated heterocycles. The number of hydrazine groups is 1. The fraction of sp³-hybridized carbons (Fsp3) is 0.375. The first-order chi connectivity index (χ1) is 14.7. The number of carbonyl (C=O) groups excluding carboxylic acids is 3. The van der Waals surface area contributed by atoms with Crippen molar-refractivity contribution in [3.05, 3.63) is 54.1 Å². The Morgan fingerprint density at radius 1 is 1.03 bits per heavy atom. The summed E-state index contributed by atoms with van der Waals surface area (Å²) in [7, 11) is 0. The SMILES string of the molecule is CC(C)CC(=O)N[C@H](C(=O)NN1C(=O)C(C)c2ccccc2-c2ccccc21)[C@@H](C)O. The maximum Gasteiger partial charge on any atom is 0.264 e. The number of amides is 3. The molecule has 3 atom stereocenters. The number of nitrogens with one attached hydrogen (secondary N) is 2. The van der Waals surface area contributed by atoms with E-state index >= 15 is 0 Å².